The second kappa shape index (κ2) is 7.64. The van der Waals surface area contributed by atoms with Crippen LogP contribution >= 0.6 is 11.6 Å². The largest absolute Gasteiger partial charge is 0.356 e. The van der Waals surface area contributed by atoms with Crippen molar-refractivity contribution >= 4 is 27.3 Å². The van der Waals surface area contributed by atoms with E-state index in [1.807, 2.05) is 0 Å². The molecule has 0 aliphatic heterocycles. The molecule has 0 aliphatic carbocycles. The lowest BCUT2D eigenvalue weighted by Crippen LogP contribution is -2.27. The normalized spacial score (nSPS) is 11.6. The van der Waals surface area contributed by atoms with Gasteiger partial charge in [-0.3, -0.25) is 4.79 Å². The van der Waals surface area contributed by atoms with Crippen molar-refractivity contribution in [2.75, 3.05) is 12.3 Å². The van der Waals surface area contributed by atoms with Gasteiger partial charge in [0, 0.05) is 18.0 Å². The van der Waals surface area contributed by atoms with Crippen LogP contribution in [0.3, 0.4) is 0 Å². The molecule has 0 fully saturated rings. The van der Waals surface area contributed by atoms with Gasteiger partial charge >= 0.3 is 0 Å². The van der Waals surface area contributed by atoms with E-state index in [4.69, 9.17) is 11.6 Å². The fraction of sp³-hybridized carbons (Fsp3) is 0.500. The maximum atomic E-state index is 12.0. The van der Waals surface area contributed by atoms with Crippen LogP contribution in [0.5, 0.6) is 0 Å². The summed E-state index contributed by atoms with van der Waals surface area (Å²) in [4.78, 5) is 11.8. The Hall–Kier alpha value is -1.07. The van der Waals surface area contributed by atoms with Gasteiger partial charge in [-0.25, -0.2) is 8.42 Å². The first-order valence-electron chi connectivity index (χ1n) is 6.56. The molecule has 4 nitrogen and oxygen atoms in total. The van der Waals surface area contributed by atoms with Crippen LogP contribution in [0.2, 0.25) is 5.02 Å². The molecule has 0 spiro atoms. The van der Waals surface area contributed by atoms with Crippen LogP contribution in [-0.2, 0) is 14.6 Å². The van der Waals surface area contributed by atoms with E-state index in [2.05, 4.69) is 19.2 Å². The molecule has 0 heterocycles. The first kappa shape index (κ1) is 17.0. The Labute approximate surface area is 125 Å². The third kappa shape index (κ3) is 5.92. The molecule has 0 aliphatic rings. The van der Waals surface area contributed by atoms with Crippen molar-refractivity contribution < 1.29 is 13.2 Å². The molecule has 20 heavy (non-hydrogen) atoms. The van der Waals surface area contributed by atoms with Gasteiger partial charge in [-0.15, -0.1) is 0 Å². The van der Waals surface area contributed by atoms with Crippen molar-refractivity contribution in [2.45, 2.75) is 31.6 Å². The van der Waals surface area contributed by atoms with Crippen LogP contribution in [0.1, 0.15) is 26.7 Å². The molecular weight excluding hydrogens is 298 g/mol. The highest BCUT2D eigenvalue weighted by Gasteiger charge is 2.16. The molecule has 0 radical (unpaired) electrons. The highest BCUT2D eigenvalue weighted by atomic mass is 35.5. The standard InChI is InChI=1S/C14H20ClNO3S/c1-11(2)7-9-16-14(17)8-10-20(18,19)13-5-3-12(15)4-6-13/h3-6,11H,7-10H2,1-2H3,(H,16,17). The fourth-order valence-corrected chi connectivity index (χ4v) is 2.94. The number of nitrogens with one attached hydrogen (secondary N) is 1. The summed E-state index contributed by atoms with van der Waals surface area (Å²) in [5, 5.41) is 3.20. The summed E-state index contributed by atoms with van der Waals surface area (Å²) in [6.07, 6.45) is 0.860. The Kier molecular flexibility index (Phi) is 6.49. The second-order valence-electron chi connectivity index (χ2n) is 5.06. The molecule has 6 heteroatoms. The molecule has 0 atom stereocenters. The smallest absolute Gasteiger partial charge is 0.221 e. The SMILES string of the molecule is CC(C)CCNC(=O)CCS(=O)(=O)c1ccc(Cl)cc1. The molecule has 112 valence electrons. The van der Waals surface area contributed by atoms with E-state index in [0.29, 0.717) is 17.5 Å². The van der Waals surface area contributed by atoms with Crippen LogP contribution in [0, 0.1) is 5.92 Å². The third-order valence-corrected chi connectivity index (χ3v) is 4.80. The summed E-state index contributed by atoms with van der Waals surface area (Å²) in [6, 6.07) is 5.96. The maximum Gasteiger partial charge on any atom is 0.221 e. The van der Waals surface area contributed by atoms with Crippen molar-refractivity contribution in [3.05, 3.63) is 29.3 Å². The Morgan fingerprint density at radius 3 is 2.40 bits per heavy atom. The molecular formula is C14H20ClNO3S. The molecule has 0 aromatic heterocycles. The second-order valence-corrected chi connectivity index (χ2v) is 7.60. The van der Waals surface area contributed by atoms with Crippen LogP contribution < -0.4 is 5.32 Å². The van der Waals surface area contributed by atoms with Crippen LogP contribution in [0.15, 0.2) is 29.2 Å². The average molecular weight is 318 g/mol. The molecule has 1 rings (SSSR count). The van der Waals surface area contributed by atoms with E-state index >= 15 is 0 Å². The number of halogens is 1. The maximum absolute atomic E-state index is 12.0. The Morgan fingerprint density at radius 1 is 1.25 bits per heavy atom. The van der Waals surface area contributed by atoms with Crippen molar-refractivity contribution in [3.8, 4) is 0 Å². The lowest BCUT2D eigenvalue weighted by atomic mass is 10.1. The number of benzene rings is 1. The van der Waals surface area contributed by atoms with Crippen LogP contribution in [-0.4, -0.2) is 26.6 Å². The zero-order valence-electron chi connectivity index (χ0n) is 11.7. The van der Waals surface area contributed by atoms with E-state index in [1.54, 1.807) is 0 Å². The highest BCUT2D eigenvalue weighted by molar-refractivity contribution is 7.91. The van der Waals surface area contributed by atoms with Crippen molar-refractivity contribution in [2.24, 2.45) is 5.92 Å². The quantitative estimate of drug-likeness (QED) is 0.841. The van der Waals surface area contributed by atoms with Crippen molar-refractivity contribution in [1.29, 1.82) is 0 Å². The number of hydrogen-bond donors (Lipinski definition) is 1. The van der Waals surface area contributed by atoms with Gasteiger partial charge in [0.15, 0.2) is 9.84 Å². The minimum Gasteiger partial charge on any atom is -0.356 e. The summed E-state index contributed by atoms with van der Waals surface area (Å²) >= 11 is 5.71. The molecule has 0 unspecified atom stereocenters. The average Bonchev–Trinajstić information content (AvgIpc) is 2.36. The summed E-state index contributed by atoms with van der Waals surface area (Å²) < 4.78 is 24.0. The molecule has 1 aromatic carbocycles. The molecule has 1 N–H and O–H groups in total. The summed E-state index contributed by atoms with van der Waals surface area (Å²) in [5.74, 6) is 0.0820. The number of carbonyl (C=O) groups excluding carboxylic acids is 1. The summed E-state index contributed by atoms with van der Waals surface area (Å²) in [7, 11) is -3.43. The third-order valence-electron chi connectivity index (χ3n) is 2.81. The van der Waals surface area contributed by atoms with Gasteiger partial charge in [-0.05, 0) is 36.6 Å². The van der Waals surface area contributed by atoms with Gasteiger partial charge in [0.05, 0.1) is 10.6 Å². The number of carbonyl (C=O) groups is 1. The Balaban J connectivity index is 2.47. The molecule has 0 saturated carbocycles. The first-order chi connectivity index (χ1) is 9.31. The van der Waals surface area contributed by atoms with E-state index in [1.165, 1.54) is 24.3 Å². The van der Waals surface area contributed by atoms with E-state index in [9.17, 15) is 13.2 Å². The van der Waals surface area contributed by atoms with Gasteiger partial charge in [0.25, 0.3) is 0 Å². The van der Waals surface area contributed by atoms with Crippen molar-refractivity contribution in [1.82, 2.24) is 5.32 Å². The topological polar surface area (TPSA) is 63.2 Å². The number of amides is 1. The molecule has 0 bridgehead atoms. The zero-order chi connectivity index (χ0) is 15.2. The van der Waals surface area contributed by atoms with Crippen LogP contribution in [0.25, 0.3) is 0 Å². The lowest BCUT2D eigenvalue weighted by Gasteiger charge is -2.08. The number of sulfone groups is 1. The lowest BCUT2D eigenvalue weighted by molar-refractivity contribution is -0.120. The highest BCUT2D eigenvalue weighted by Crippen LogP contribution is 2.15. The van der Waals surface area contributed by atoms with Gasteiger partial charge in [0.2, 0.25) is 5.91 Å². The molecule has 1 aromatic rings. The first-order valence-corrected chi connectivity index (χ1v) is 8.59. The van der Waals surface area contributed by atoms with Gasteiger partial charge < -0.3 is 5.32 Å². The number of rotatable bonds is 7. The van der Waals surface area contributed by atoms with Gasteiger partial charge in [0.1, 0.15) is 0 Å². The minimum atomic E-state index is -3.43. The Bertz CT molecular complexity index is 538. The van der Waals surface area contributed by atoms with Crippen LogP contribution in [0.4, 0.5) is 0 Å². The molecule has 0 saturated heterocycles. The predicted molar refractivity (Wildman–Crippen MR) is 80.6 cm³/mol. The van der Waals surface area contributed by atoms with E-state index in [0.717, 1.165) is 6.42 Å². The van der Waals surface area contributed by atoms with Gasteiger partial charge in [-0.2, -0.15) is 0 Å². The minimum absolute atomic E-state index is 0.0247. The van der Waals surface area contributed by atoms with Gasteiger partial charge in [-0.1, -0.05) is 25.4 Å². The number of hydrogen-bond acceptors (Lipinski definition) is 3. The van der Waals surface area contributed by atoms with E-state index < -0.39 is 9.84 Å². The molecule has 1 amide bonds. The predicted octanol–water partition coefficient (Wildman–Crippen LogP) is 2.67. The monoisotopic (exact) mass is 317 g/mol. The summed E-state index contributed by atoms with van der Waals surface area (Å²) in [5.41, 5.74) is 0. The van der Waals surface area contributed by atoms with Crippen molar-refractivity contribution in [3.63, 3.8) is 0 Å². The van der Waals surface area contributed by atoms with E-state index in [-0.39, 0.29) is 23.0 Å². The zero-order valence-corrected chi connectivity index (χ0v) is 13.3. The fourth-order valence-electron chi connectivity index (χ4n) is 1.58. The Morgan fingerprint density at radius 2 is 1.85 bits per heavy atom. The summed E-state index contributed by atoms with van der Waals surface area (Å²) in [6.45, 7) is 4.71.